The van der Waals surface area contributed by atoms with Gasteiger partial charge in [-0.3, -0.25) is 19.8 Å². The van der Waals surface area contributed by atoms with Gasteiger partial charge in [0, 0.05) is 13.0 Å². The Morgan fingerprint density at radius 1 is 1.11 bits per heavy atom. The van der Waals surface area contributed by atoms with Gasteiger partial charge in [0.15, 0.2) is 5.78 Å². The highest BCUT2D eigenvalue weighted by Crippen LogP contribution is 2.24. The molecular formula is C26H39N3O7. The molecule has 1 heterocycles. The summed E-state index contributed by atoms with van der Waals surface area (Å²) in [5, 5.41) is 22.1. The normalized spacial score (nSPS) is 17.4. The van der Waals surface area contributed by atoms with E-state index < -0.39 is 41.8 Å². The molecule has 1 amide bonds. The number of likely N-dealkylation sites (tertiary alicyclic amines) is 1. The van der Waals surface area contributed by atoms with Gasteiger partial charge in [0.1, 0.15) is 17.7 Å². The van der Waals surface area contributed by atoms with Gasteiger partial charge in [-0.15, -0.1) is 0 Å². The van der Waals surface area contributed by atoms with E-state index in [0.29, 0.717) is 51.5 Å². The van der Waals surface area contributed by atoms with Crippen LogP contribution in [0.15, 0.2) is 30.3 Å². The van der Waals surface area contributed by atoms with Crippen molar-refractivity contribution in [2.24, 2.45) is 5.73 Å². The van der Waals surface area contributed by atoms with Gasteiger partial charge < -0.3 is 20.7 Å². The fourth-order valence-corrected chi connectivity index (χ4v) is 4.42. The molecule has 1 fully saturated rings. The van der Waals surface area contributed by atoms with Crippen LogP contribution in [0.2, 0.25) is 0 Å². The maximum atomic E-state index is 13.3. The summed E-state index contributed by atoms with van der Waals surface area (Å²) in [5.41, 5.74) is 5.41. The van der Waals surface area contributed by atoms with Gasteiger partial charge in [0.2, 0.25) is 0 Å². The van der Waals surface area contributed by atoms with Crippen LogP contribution in [0.3, 0.4) is 0 Å². The summed E-state index contributed by atoms with van der Waals surface area (Å²) in [5.74, 6) is -2.40. The lowest BCUT2D eigenvalue weighted by Gasteiger charge is -2.31. The zero-order valence-electron chi connectivity index (χ0n) is 21.2. The molecule has 0 saturated carbocycles. The van der Waals surface area contributed by atoms with Crippen molar-refractivity contribution >= 4 is 23.8 Å². The van der Waals surface area contributed by atoms with Crippen LogP contribution in [0, 0.1) is 0 Å². The van der Waals surface area contributed by atoms with E-state index >= 15 is 0 Å². The number of rotatable bonds is 15. The monoisotopic (exact) mass is 505 g/mol. The van der Waals surface area contributed by atoms with Gasteiger partial charge in [-0.1, -0.05) is 36.8 Å². The maximum absolute atomic E-state index is 13.3. The third-order valence-electron chi connectivity index (χ3n) is 6.34. The number of carboxylic acid groups (broad SMARTS) is 2. The van der Waals surface area contributed by atoms with Gasteiger partial charge in [0.05, 0.1) is 6.04 Å². The summed E-state index contributed by atoms with van der Waals surface area (Å²) in [6.07, 6.45) is 2.60. The van der Waals surface area contributed by atoms with E-state index in [1.165, 1.54) is 4.90 Å². The van der Waals surface area contributed by atoms with Gasteiger partial charge in [-0.05, 0) is 64.5 Å². The Labute approximate surface area is 212 Å². The van der Waals surface area contributed by atoms with Crippen molar-refractivity contribution < 1.29 is 34.1 Å². The van der Waals surface area contributed by atoms with E-state index in [2.05, 4.69) is 5.32 Å². The number of hydrogen-bond acceptors (Lipinski definition) is 7. The van der Waals surface area contributed by atoms with E-state index in [4.69, 9.17) is 10.5 Å². The lowest BCUT2D eigenvalue weighted by Crippen LogP contribution is -2.50. The third-order valence-corrected chi connectivity index (χ3v) is 6.34. The number of unbranched alkanes of at least 4 members (excludes halogenated alkanes) is 1. The molecule has 3 atom stereocenters. The number of aryl methyl sites for hydroxylation is 1. The Bertz CT molecular complexity index is 891. The second-order valence-electron chi connectivity index (χ2n) is 9.88. The molecule has 0 aromatic heterocycles. The molecule has 36 heavy (non-hydrogen) atoms. The molecule has 1 unspecified atom stereocenters. The predicted octanol–water partition coefficient (Wildman–Crippen LogP) is 2.58. The Morgan fingerprint density at radius 3 is 2.42 bits per heavy atom. The van der Waals surface area contributed by atoms with Crippen molar-refractivity contribution in [3.63, 3.8) is 0 Å². The number of aliphatic carboxylic acids is 2. The zero-order chi connectivity index (χ0) is 26.7. The lowest BCUT2D eigenvalue weighted by atomic mass is 9.93. The van der Waals surface area contributed by atoms with E-state index in [1.54, 1.807) is 13.8 Å². The molecule has 1 aliphatic rings. The summed E-state index contributed by atoms with van der Waals surface area (Å²) >= 11 is 0. The predicted molar refractivity (Wildman–Crippen MR) is 134 cm³/mol. The highest BCUT2D eigenvalue weighted by molar-refractivity contribution is 5.86. The highest BCUT2D eigenvalue weighted by Gasteiger charge is 2.39. The fraction of sp³-hybridized carbons (Fsp3) is 0.615. The maximum Gasteiger partial charge on any atom is 0.411 e. The fourth-order valence-electron chi connectivity index (χ4n) is 4.42. The van der Waals surface area contributed by atoms with Gasteiger partial charge in [0.25, 0.3) is 0 Å². The Hall–Kier alpha value is -2.98. The number of ether oxygens (including phenoxy) is 1. The zero-order valence-corrected chi connectivity index (χ0v) is 21.2. The molecule has 0 radical (unpaired) electrons. The lowest BCUT2D eigenvalue weighted by molar-refractivity contribution is -0.143. The summed E-state index contributed by atoms with van der Waals surface area (Å²) < 4.78 is 5.55. The second kappa shape index (κ2) is 13.9. The average molecular weight is 506 g/mol. The van der Waals surface area contributed by atoms with Crippen molar-refractivity contribution in [1.29, 1.82) is 0 Å². The Morgan fingerprint density at radius 2 is 1.81 bits per heavy atom. The van der Waals surface area contributed by atoms with Crippen molar-refractivity contribution in [3.05, 3.63) is 35.9 Å². The molecule has 1 aromatic carbocycles. The minimum Gasteiger partial charge on any atom is -0.480 e. The van der Waals surface area contributed by atoms with E-state index in [-0.39, 0.29) is 18.7 Å². The van der Waals surface area contributed by atoms with Crippen molar-refractivity contribution in [1.82, 2.24) is 10.2 Å². The quantitative estimate of drug-likeness (QED) is 0.263. The van der Waals surface area contributed by atoms with Crippen LogP contribution in [0.1, 0.15) is 64.4 Å². The topological polar surface area (TPSA) is 159 Å². The molecular weight excluding hydrogens is 466 g/mol. The summed E-state index contributed by atoms with van der Waals surface area (Å²) in [7, 11) is 0. The number of benzene rings is 1. The number of ketones is 1. The number of Topliss-reactive ketones (excluding diaryl/α,β-unsaturated/α-hetero) is 1. The van der Waals surface area contributed by atoms with Crippen LogP contribution < -0.4 is 11.1 Å². The second-order valence-corrected chi connectivity index (χ2v) is 9.88. The summed E-state index contributed by atoms with van der Waals surface area (Å²) in [4.78, 5) is 50.5. The number of amides is 1. The SMILES string of the molecule is CC(C)(CC(=O)[C@H](CCCCN)NC(CCc1ccccc1)C(=O)O)OC(=O)N1CCC[C@H]1C(=O)O. The first-order valence-electron chi connectivity index (χ1n) is 12.5. The number of nitrogens with two attached hydrogens (primary N) is 1. The number of carboxylic acids is 2. The van der Waals surface area contributed by atoms with Crippen LogP contribution in [0.5, 0.6) is 0 Å². The molecule has 0 spiro atoms. The highest BCUT2D eigenvalue weighted by atomic mass is 16.6. The first-order valence-corrected chi connectivity index (χ1v) is 12.5. The standard InChI is InChI=1S/C26H39N3O7/c1-26(2,36-25(35)29-16-8-12-21(29)24(33)34)17-22(30)19(11-6-7-15-27)28-20(23(31)32)14-13-18-9-4-3-5-10-18/h3-5,9-10,19-21,28H,6-8,11-17,27H2,1-2H3,(H,31,32)(H,33,34)/t19-,20?,21-/m0/s1. The van der Waals surface area contributed by atoms with Crippen LogP contribution in [0.25, 0.3) is 0 Å². The van der Waals surface area contributed by atoms with Gasteiger partial charge in [-0.2, -0.15) is 0 Å². The molecule has 200 valence electrons. The molecule has 10 heteroatoms. The smallest absolute Gasteiger partial charge is 0.411 e. The first-order chi connectivity index (χ1) is 17.0. The van der Waals surface area contributed by atoms with Crippen LogP contribution in [-0.4, -0.2) is 75.7 Å². The summed E-state index contributed by atoms with van der Waals surface area (Å²) in [6.45, 7) is 3.93. The molecule has 10 nitrogen and oxygen atoms in total. The van der Waals surface area contributed by atoms with E-state index in [9.17, 15) is 29.4 Å². The summed E-state index contributed by atoms with van der Waals surface area (Å²) in [6, 6.07) is 6.92. The van der Waals surface area contributed by atoms with E-state index in [1.807, 2.05) is 30.3 Å². The number of carbonyl (C=O) groups excluding carboxylic acids is 2. The largest absolute Gasteiger partial charge is 0.480 e. The van der Waals surface area contributed by atoms with Crippen molar-refractivity contribution in [2.75, 3.05) is 13.1 Å². The molecule has 5 N–H and O–H groups in total. The molecule has 0 aliphatic carbocycles. The molecule has 1 aliphatic heterocycles. The number of hydrogen-bond donors (Lipinski definition) is 4. The molecule has 1 saturated heterocycles. The van der Waals surface area contributed by atoms with Gasteiger partial charge >= 0.3 is 18.0 Å². The van der Waals surface area contributed by atoms with Crippen molar-refractivity contribution in [3.8, 4) is 0 Å². The molecule has 0 bridgehead atoms. The van der Waals surface area contributed by atoms with Crippen LogP contribution in [0.4, 0.5) is 4.79 Å². The number of carbonyl (C=O) groups is 4. The Kier molecular flexibility index (Phi) is 11.3. The molecule has 1 aromatic rings. The third kappa shape index (κ3) is 9.23. The molecule has 2 rings (SSSR count). The minimum atomic E-state index is -1.20. The van der Waals surface area contributed by atoms with E-state index in [0.717, 1.165) is 5.56 Å². The number of nitrogens with zero attached hydrogens (tertiary/aromatic N) is 1. The Balaban J connectivity index is 2.04. The minimum absolute atomic E-state index is 0.143. The average Bonchev–Trinajstić information content (AvgIpc) is 3.31. The van der Waals surface area contributed by atoms with Crippen molar-refractivity contribution in [2.45, 2.75) is 88.9 Å². The number of nitrogens with one attached hydrogen (secondary N) is 1. The van der Waals surface area contributed by atoms with Crippen LogP contribution >= 0.6 is 0 Å². The first kappa shape index (κ1) is 29.3. The van der Waals surface area contributed by atoms with Gasteiger partial charge in [-0.25, -0.2) is 9.59 Å². The van der Waals surface area contributed by atoms with Crippen LogP contribution in [-0.2, 0) is 25.5 Å².